The van der Waals surface area contributed by atoms with Crippen LogP contribution in [-0.4, -0.2) is 17.5 Å². The van der Waals surface area contributed by atoms with Gasteiger partial charge in [-0.3, -0.25) is 9.59 Å². The maximum Gasteiger partial charge on any atom is 0.335 e. The molecule has 0 atom stereocenters. The SMILES string of the molecule is CC=CC(=O)Oc1cccc2c1C(=O)c1ccccc1C2=O. The number of rotatable bonds is 2. The van der Waals surface area contributed by atoms with Crippen LogP contribution in [-0.2, 0) is 4.79 Å². The van der Waals surface area contributed by atoms with Crippen molar-refractivity contribution in [2.75, 3.05) is 0 Å². The molecule has 0 saturated heterocycles. The Hall–Kier alpha value is -3.01. The summed E-state index contributed by atoms with van der Waals surface area (Å²) in [4.78, 5) is 36.8. The fourth-order valence-corrected chi connectivity index (χ4v) is 2.48. The third kappa shape index (κ3) is 2.15. The zero-order chi connectivity index (χ0) is 15.7. The lowest BCUT2D eigenvalue weighted by molar-refractivity contribution is -0.129. The first-order valence-electron chi connectivity index (χ1n) is 6.79. The molecule has 2 aromatic carbocycles. The summed E-state index contributed by atoms with van der Waals surface area (Å²) in [5.74, 6) is -1.04. The van der Waals surface area contributed by atoms with Gasteiger partial charge in [-0.05, 0) is 13.0 Å². The molecular formula is C18H12O4. The summed E-state index contributed by atoms with van der Waals surface area (Å²) in [5.41, 5.74) is 1.10. The van der Waals surface area contributed by atoms with Crippen LogP contribution >= 0.6 is 0 Å². The zero-order valence-corrected chi connectivity index (χ0v) is 11.8. The molecule has 1 aliphatic carbocycles. The Balaban J connectivity index is 2.15. The lowest BCUT2D eigenvalue weighted by atomic mass is 9.83. The Morgan fingerprint density at radius 3 is 2.23 bits per heavy atom. The van der Waals surface area contributed by atoms with Crippen LogP contribution in [0.25, 0.3) is 0 Å². The second kappa shape index (κ2) is 5.41. The van der Waals surface area contributed by atoms with E-state index in [9.17, 15) is 14.4 Å². The highest BCUT2D eigenvalue weighted by Gasteiger charge is 2.32. The predicted octanol–water partition coefficient (Wildman–Crippen LogP) is 2.94. The van der Waals surface area contributed by atoms with Gasteiger partial charge in [-0.25, -0.2) is 4.79 Å². The molecule has 0 heterocycles. The van der Waals surface area contributed by atoms with Gasteiger partial charge < -0.3 is 4.74 Å². The summed E-state index contributed by atoms with van der Waals surface area (Å²) in [7, 11) is 0. The largest absolute Gasteiger partial charge is 0.423 e. The minimum Gasteiger partial charge on any atom is -0.423 e. The summed E-state index contributed by atoms with van der Waals surface area (Å²) in [6.45, 7) is 1.69. The van der Waals surface area contributed by atoms with Crippen molar-refractivity contribution >= 4 is 17.5 Å². The Bertz CT molecular complexity index is 831. The van der Waals surface area contributed by atoms with E-state index < -0.39 is 5.97 Å². The van der Waals surface area contributed by atoms with E-state index >= 15 is 0 Å². The number of esters is 1. The average molecular weight is 292 g/mol. The Labute approximate surface area is 127 Å². The van der Waals surface area contributed by atoms with Crippen LogP contribution in [0.4, 0.5) is 0 Å². The number of allylic oxidation sites excluding steroid dienone is 1. The molecule has 0 bridgehead atoms. The van der Waals surface area contributed by atoms with Crippen LogP contribution in [0.15, 0.2) is 54.6 Å². The third-order valence-corrected chi connectivity index (χ3v) is 3.43. The van der Waals surface area contributed by atoms with Crippen molar-refractivity contribution in [3.8, 4) is 5.75 Å². The van der Waals surface area contributed by atoms with Crippen molar-refractivity contribution in [3.63, 3.8) is 0 Å². The van der Waals surface area contributed by atoms with Crippen molar-refractivity contribution in [3.05, 3.63) is 76.9 Å². The summed E-state index contributed by atoms with van der Waals surface area (Å²) in [6.07, 6.45) is 2.79. The van der Waals surface area contributed by atoms with Crippen molar-refractivity contribution in [1.82, 2.24) is 0 Å². The van der Waals surface area contributed by atoms with Crippen molar-refractivity contribution < 1.29 is 19.1 Å². The van der Waals surface area contributed by atoms with Crippen molar-refractivity contribution in [1.29, 1.82) is 0 Å². The van der Waals surface area contributed by atoms with Crippen LogP contribution in [0.3, 0.4) is 0 Å². The standard InChI is InChI=1S/C18H12O4/c1-2-6-15(19)22-14-10-5-9-13-16(14)18(21)12-8-4-3-7-11(12)17(13)20/h2-10H,1H3. The number of carbonyl (C=O) groups is 3. The van der Waals surface area contributed by atoms with Crippen LogP contribution in [0.5, 0.6) is 5.75 Å². The molecule has 0 saturated carbocycles. The second-order valence-electron chi connectivity index (χ2n) is 4.80. The molecular weight excluding hydrogens is 280 g/mol. The van der Waals surface area contributed by atoms with Gasteiger partial charge in [0.15, 0.2) is 11.6 Å². The van der Waals surface area contributed by atoms with E-state index in [1.165, 1.54) is 12.1 Å². The molecule has 108 valence electrons. The molecule has 0 radical (unpaired) electrons. The summed E-state index contributed by atoms with van der Waals surface area (Å²) in [5, 5.41) is 0. The number of carbonyl (C=O) groups excluding carboxylic acids is 3. The molecule has 22 heavy (non-hydrogen) atoms. The number of hydrogen-bond donors (Lipinski definition) is 0. The molecule has 3 rings (SSSR count). The quantitative estimate of drug-likeness (QED) is 0.414. The topological polar surface area (TPSA) is 60.4 Å². The lowest BCUT2D eigenvalue weighted by Gasteiger charge is -2.19. The number of benzene rings is 2. The molecule has 0 fully saturated rings. The van der Waals surface area contributed by atoms with Gasteiger partial charge in [-0.15, -0.1) is 0 Å². The molecule has 0 aliphatic heterocycles. The average Bonchev–Trinajstić information content (AvgIpc) is 2.53. The maximum absolute atomic E-state index is 12.7. The van der Waals surface area contributed by atoms with Crippen LogP contribution in [0.1, 0.15) is 38.8 Å². The van der Waals surface area contributed by atoms with Gasteiger partial charge in [-0.1, -0.05) is 42.5 Å². The number of ether oxygens (including phenoxy) is 1. The third-order valence-electron chi connectivity index (χ3n) is 3.43. The van der Waals surface area contributed by atoms with Gasteiger partial charge in [-0.2, -0.15) is 0 Å². The molecule has 0 amide bonds. The van der Waals surface area contributed by atoms with Gasteiger partial charge in [0.05, 0.1) is 5.56 Å². The fourth-order valence-electron chi connectivity index (χ4n) is 2.48. The van der Waals surface area contributed by atoms with E-state index in [0.717, 1.165) is 0 Å². The summed E-state index contributed by atoms with van der Waals surface area (Å²) >= 11 is 0. The highest BCUT2D eigenvalue weighted by atomic mass is 16.5. The van der Waals surface area contributed by atoms with Gasteiger partial charge >= 0.3 is 5.97 Å². The minimum absolute atomic E-state index is 0.105. The normalized spacial score (nSPS) is 13.0. The second-order valence-corrected chi connectivity index (χ2v) is 4.80. The first-order valence-corrected chi connectivity index (χ1v) is 6.79. The number of fused-ring (bicyclic) bond motifs is 2. The van der Waals surface area contributed by atoms with Crippen molar-refractivity contribution in [2.45, 2.75) is 6.92 Å². The van der Waals surface area contributed by atoms with Crippen molar-refractivity contribution in [2.24, 2.45) is 0 Å². The molecule has 0 N–H and O–H groups in total. The zero-order valence-electron chi connectivity index (χ0n) is 11.8. The fraction of sp³-hybridized carbons (Fsp3) is 0.0556. The van der Waals surface area contributed by atoms with Gasteiger partial charge in [0.25, 0.3) is 0 Å². The van der Waals surface area contributed by atoms with E-state index in [4.69, 9.17) is 4.74 Å². The van der Waals surface area contributed by atoms with Gasteiger partial charge in [0.2, 0.25) is 0 Å². The Kier molecular flexibility index (Phi) is 3.43. The maximum atomic E-state index is 12.7. The summed E-state index contributed by atoms with van der Waals surface area (Å²) in [6, 6.07) is 11.3. The first-order chi connectivity index (χ1) is 10.6. The molecule has 4 nitrogen and oxygen atoms in total. The molecule has 0 unspecified atom stereocenters. The molecule has 1 aliphatic rings. The highest BCUT2D eigenvalue weighted by molar-refractivity contribution is 6.29. The van der Waals surface area contributed by atoms with Crippen LogP contribution in [0, 0.1) is 0 Å². The van der Waals surface area contributed by atoms with E-state index in [1.807, 2.05) is 0 Å². The molecule has 2 aromatic rings. The van der Waals surface area contributed by atoms with Crippen LogP contribution in [0.2, 0.25) is 0 Å². The van der Waals surface area contributed by atoms with E-state index in [1.54, 1.807) is 49.4 Å². The van der Waals surface area contributed by atoms with E-state index in [-0.39, 0.29) is 28.4 Å². The van der Waals surface area contributed by atoms with Gasteiger partial charge in [0.1, 0.15) is 5.75 Å². The number of ketones is 2. The minimum atomic E-state index is -0.588. The Morgan fingerprint density at radius 2 is 1.55 bits per heavy atom. The number of hydrogen-bond acceptors (Lipinski definition) is 4. The molecule has 0 spiro atoms. The van der Waals surface area contributed by atoms with Crippen LogP contribution < -0.4 is 4.74 Å². The van der Waals surface area contributed by atoms with E-state index in [2.05, 4.69) is 0 Å². The molecule has 0 aromatic heterocycles. The highest BCUT2D eigenvalue weighted by Crippen LogP contribution is 2.33. The van der Waals surface area contributed by atoms with E-state index in [0.29, 0.717) is 11.1 Å². The monoisotopic (exact) mass is 292 g/mol. The smallest absolute Gasteiger partial charge is 0.335 e. The van der Waals surface area contributed by atoms with Gasteiger partial charge in [0, 0.05) is 22.8 Å². The first kappa shape index (κ1) is 13.9. The summed E-state index contributed by atoms with van der Waals surface area (Å²) < 4.78 is 5.19. The molecule has 4 heteroatoms. The predicted molar refractivity (Wildman–Crippen MR) is 80.2 cm³/mol. The lowest BCUT2D eigenvalue weighted by Crippen LogP contribution is -2.22. The Morgan fingerprint density at radius 1 is 0.909 bits per heavy atom.